The van der Waals surface area contributed by atoms with E-state index in [4.69, 9.17) is 5.73 Å². The lowest BCUT2D eigenvalue weighted by atomic mass is 9.93. The van der Waals surface area contributed by atoms with E-state index in [9.17, 15) is 5.11 Å². The minimum absolute atomic E-state index is 0.0484. The molecule has 0 spiro atoms. The summed E-state index contributed by atoms with van der Waals surface area (Å²) < 4.78 is 0. The number of nitrogens with two attached hydrogens (primary N) is 1. The Kier molecular flexibility index (Phi) is 3.68. The molecule has 0 saturated carbocycles. The summed E-state index contributed by atoms with van der Waals surface area (Å²) in [6.07, 6.45) is 0. The lowest BCUT2D eigenvalue weighted by molar-refractivity contribution is 0.193. The molecule has 0 saturated heterocycles. The van der Waals surface area contributed by atoms with E-state index in [0.29, 0.717) is 5.96 Å². The van der Waals surface area contributed by atoms with Crippen molar-refractivity contribution in [2.24, 2.45) is 10.7 Å². The number of hydrogen-bond acceptors (Lipinski definition) is 2. The Labute approximate surface area is 89.8 Å². The molecule has 1 atom stereocenters. The topological polar surface area (TPSA) is 70.6 Å². The van der Waals surface area contributed by atoms with Crippen LogP contribution in [0.2, 0.25) is 0 Å². The maximum atomic E-state index is 9.41. The van der Waals surface area contributed by atoms with Gasteiger partial charge < -0.3 is 16.2 Å². The van der Waals surface area contributed by atoms with Gasteiger partial charge in [0.1, 0.15) is 0 Å². The summed E-state index contributed by atoms with van der Waals surface area (Å²) in [6.45, 7) is 1.83. The third kappa shape index (κ3) is 2.70. The molecule has 0 aliphatic heterocycles. The molecule has 4 heteroatoms. The number of aliphatic hydroxyl groups is 1. The highest BCUT2D eigenvalue weighted by Crippen LogP contribution is 2.19. The van der Waals surface area contributed by atoms with E-state index in [-0.39, 0.29) is 6.61 Å². The van der Waals surface area contributed by atoms with Gasteiger partial charge in [0.15, 0.2) is 5.96 Å². The van der Waals surface area contributed by atoms with Crippen LogP contribution in [0, 0.1) is 0 Å². The average Bonchev–Trinajstić information content (AvgIpc) is 2.30. The Balaban J connectivity index is 2.95. The van der Waals surface area contributed by atoms with Gasteiger partial charge in [-0.15, -0.1) is 0 Å². The Morgan fingerprint density at radius 1 is 1.47 bits per heavy atom. The van der Waals surface area contributed by atoms with E-state index in [2.05, 4.69) is 10.3 Å². The van der Waals surface area contributed by atoms with E-state index in [1.54, 1.807) is 7.05 Å². The van der Waals surface area contributed by atoms with E-state index in [1.165, 1.54) is 0 Å². The third-order valence-electron chi connectivity index (χ3n) is 2.37. The van der Waals surface area contributed by atoms with Gasteiger partial charge in [-0.25, -0.2) is 0 Å². The first-order valence-electron chi connectivity index (χ1n) is 4.79. The quantitative estimate of drug-likeness (QED) is 0.497. The van der Waals surface area contributed by atoms with Crippen LogP contribution >= 0.6 is 0 Å². The fraction of sp³-hybridized carbons (Fsp3) is 0.364. The van der Waals surface area contributed by atoms with E-state index in [0.717, 1.165) is 5.56 Å². The molecule has 0 aliphatic rings. The van der Waals surface area contributed by atoms with E-state index < -0.39 is 5.54 Å². The highest BCUT2D eigenvalue weighted by atomic mass is 16.3. The van der Waals surface area contributed by atoms with Gasteiger partial charge in [0.2, 0.25) is 0 Å². The highest BCUT2D eigenvalue weighted by molar-refractivity contribution is 5.78. The number of hydrogen-bond donors (Lipinski definition) is 3. The van der Waals surface area contributed by atoms with Crippen molar-refractivity contribution in [3.05, 3.63) is 35.9 Å². The van der Waals surface area contributed by atoms with Crippen LogP contribution in [0.4, 0.5) is 0 Å². The zero-order valence-electron chi connectivity index (χ0n) is 9.07. The van der Waals surface area contributed by atoms with Crippen LogP contribution in [0.15, 0.2) is 35.3 Å². The van der Waals surface area contributed by atoms with Crippen LogP contribution in [-0.4, -0.2) is 24.7 Å². The second-order valence-corrected chi connectivity index (χ2v) is 3.59. The van der Waals surface area contributed by atoms with E-state index in [1.807, 2.05) is 37.3 Å². The van der Waals surface area contributed by atoms with Gasteiger partial charge in [0, 0.05) is 7.05 Å². The van der Waals surface area contributed by atoms with Gasteiger partial charge in [-0.3, -0.25) is 4.99 Å². The molecule has 4 nitrogen and oxygen atoms in total. The standard InChI is InChI=1S/C11H17N3O/c1-11(8-15,14-10(12)13-2)9-6-4-3-5-7-9/h3-7,15H,8H2,1-2H3,(H3,12,13,14). The molecule has 1 unspecified atom stereocenters. The van der Waals surface area contributed by atoms with Gasteiger partial charge in [-0.1, -0.05) is 30.3 Å². The van der Waals surface area contributed by atoms with Crippen molar-refractivity contribution in [2.75, 3.05) is 13.7 Å². The average molecular weight is 207 g/mol. The second-order valence-electron chi connectivity index (χ2n) is 3.59. The Morgan fingerprint density at radius 2 is 2.07 bits per heavy atom. The first-order valence-corrected chi connectivity index (χ1v) is 4.79. The predicted octanol–water partition coefficient (Wildman–Crippen LogP) is 0.428. The molecular formula is C11H17N3O. The molecule has 1 aromatic carbocycles. The SMILES string of the molecule is CN=C(N)NC(C)(CO)c1ccccc1. The summed E-state index contributed by atoms with van der Waals surface area (Å²) in [7, 11) is 1.60. The largest absolute Gasteiger partial charge is 0.394 e. The van der Waals surface area contributed by atoms with Crippen LogP contribution in [0.5, 0.6) is 0 Å². The van der Waals surface area contributed by atoms with Gasteiger partial charge in [0.25, 0.3) is 0 Å². The number of nitrogens with one attached hydrogen (secondary N) is 1. The molecule has 1 aromatic rings. The molecule has 0 fully saturated rings. The molecule has 1 rings (SSSR count). The Bertz CT molecular complexity index is 337. The molecule has 82 valence electrons. The maximum absolute atomic E-state index is 9.41. The molecule has 0 radical (unpaired) electrons. The van der Waals surface area contributed by atoms with Crippen molar-refractivity contribution in [2.45, 2.75) is 12.5 Å². The predicted molar refractivity (Wildman–Crippen MR) is 61.6 cm³/mol. The van der Waals surface area contributed by atoms with Crippen molar-refractivity contribution in [3.63, 3.8) is 0 Å². The number of nitrogens with zero attached hydrogens (tertiary/aromatic N) is 1. The summed E-state index contributed by atoms with van der Waals surface area (Å²) in [6, 6.07) is 9.64. The summed E-state index contributed by atoms with van der Waals surface area (Å²) in [5, 5.41) is 12.4. The van der Waals surface area contributed by atoms with Gasteiger partial charge in [-0.2, -0.15) is 0 Å². The fourth-order valence-electron chi connectivity index (χ4n) is 1.35. The van der Waals surface area contributed by atoms with Crippen LogP contribution in [0.3, 0.4) is 0 Å². The molecular weight excluding hydrogens is 190 g/mol. The Morgan fingerprint density at radius 3 is 2.53 bits per heavy atom. The second kappa shape index (κ2) is 4.79. The number of rotatable bonds is 3. The van der Waals surface area contributed by atoms with Crippen molar-refractivity contribution in [1.29, 1.82) is 0 Å². The highest BCUT2D eigenvalue weighted by Gasteiger charge is 2.25. The number of benzene rings is 1. The van der Waals surface area contributed by atoms with Crippen LogP contribution in [0.25, 0.3) is 0 Å². The molecule has 15 heavy (non-hydrogen) atoms. The maximum Gasteiger partial charge on any atom is 0.189 e. The number of guanidine groups is 1. The third-order valence-corrected chi connectivity index (χ3v) is 2.37. The van der Waals surface area contributed by atoms with Crippen molar-refractivity contribution in [1.82, 2.24) is 5.32 Å². The first-order chi connectivity index (χ1) is 7.12. The zero-order valence-corrected chi connectivity index (χ0v) is 9.07. The summed E-state index contributed by atoms with van der Waals surface area (Å²) in [4.78, 5) is 3.82. The number of aliphatic hydroxyl groups excluding tert-OH is 1. The summed E-state index contributed by atoms with van der Waals surface area (Å²) in [5.74, 6) is 0.315. The number of aliphatic imine (C=N–C) groups is 1. The summed E-state index contributed by atoms with van der Waals surface area (Å²) in [5.41, 5.74) is 5.98. The van der Waals surface area contributed by atoms with Crippen LogP contribution < -0.4 is 11.1 Å². The summed E-state index contributed by atoms with van der Waals surface area (Å²) >= 11 is 0. The van der Waals surface area contributed by atoms with Crippen molar-refractivity contribution >= 4 is 5.96 Å². The lowest BCUT2D eigenvalue weighted by Crippen LogP contribution is -2.49. The lowest BCUT2D eigenvalue weighted by Gasteiger charge is -2.29. The normalized spacial score (nSPS) is 15.8. The zero-order chi connectivity index (χ0) is 11.3. The van der Waals surface area contributed by atoms with Crippen LogP contribution in [-0.2, 0) is 5.54 Å². The molecule has 0 aromatic heterocycles. The monoisotopic (exact) mass is 207 g/mol. The van der Waals surface area contributed by atoms with Crippen LogP contribution in [0.1, 0.15) is 12.5 Å². The smallest absolute Gasteiger partial charge is 0.189 e. The van der Waals surface area contributed by atoms with E-state index >= 15 is 0 Å². The molecule has 0 bridgehead atoms. The molecule has 0 aliphatic carbocycles. The molecule has 0 heterocycles. The fourth-order valence-corrected chi connectivity index (χ4v) is 1.35. The van der Waals surface area contributed by atoms with Crippen molar-refractivity contribution < 1.29 is 5.11 Å². The minimum Gasteiger partial charge on any atom is -0.394 e. The van der Waals surface area contributed by atoms with Gasteiger partial charge in [-0.05, 0) is 12.5 Å². The van der Waals surface area contributed by atoms with Gasteiger partial charge in [0.05, 0.1) is 12.1 Å². The van der Waals surface area contributed by atoms with Crippen molar-refractivity contribution in [3.8, 4) is 0 Å². The first kappa shape index (κ1) is 11.5. The Hall–Kier alpha value is -1.55. The minimum atomic E-state index is -0.592. The molecule has 0 amide bonds. The molecule has 4 N–H and O–H groups in total. The van der Waals surface area contributed by atoms with Gasteiger partial charge >= 0.3 is 0 Å².